The number of sulfonamides is 1. The van der Waals surface area contributed by atoms with Gasteiger partial charge in [0, 0.05) is 12.6 Å². The van der Waals surface area contributed by atoms with Crippen molar-refractivity contribution < 1.29 is 8.42 Å². The SMILES string of the molecule is CCC(C)CC(C)NS(=O)(=O)c1cccc(CNC)c1. The van der Waals surface area contributed by atoms with Crippen LogP contribution in [0, 0.1) is 5.92 Å². The van der Waals surface area contributed by atoms with Gasteiger partial charge in [-0.2, -0.15) is 0 Å². The van der Waals surface area contributed by atoms with Crippen molar-refractivity contribution in [2.45, 2.75) is 51.1 Å². The summed E-state index contributed by atoms with van der Waals surface area (Å²) in [6, 6.07) is 6.99. The molecule has 1 aromatic carbocycles. The molecule has 5 heteroatoms. The second kappa shape index (κ2) is 7.76. The third kappa shape index (κ3) is 5.23. The minimum atomic E-state index is -3.43. The highest BCUT2D eigenvalue weighted by Gasteiger charge is 2.18. The second-order valence-electron chi connectivity index (χ2n) is 5.45. The lowest BCUT2D eigenvalue weighted by Crippen LogP contribution is -2.33. The summed E-state index contributed by atoms with van der Waals surface area (Å²) in [6.07, 6.45) is 1.91. The number of nitrogens with one attached hydrogen (secondary N) is 2. The molecule has 1 aromatic rings. The van der Waals surface area contributed by atoms with Crippen LogP contribution in [0.1, 0.15) is 39.2 Å². The van der Waals surface area contributed by atoms with Crippen molar-refractivity contribution in [2.75, 3.05) is 7.05 Å². The normalized spacial score (nSPS) is 15.0. The zero-order chi connectivity index (χ0) is 15.2. The van der Waals surface area contributed by atoms with Gasteiger partial charge in [-0.3, -0.25) is 0 Å². The molecular weight excluding hydrogens is 272 g/mol. The number of hydrogen-bond acceptors (Lipinski definition) is 3. The number of rotatable bonds is 8. The number of hydrogen-bond donors (Lipinski definition) is 2. The number of benzene rings is 1. The molecule has 0 aliphatic rings. The average Bonchev–Trinajstić information content (AvgIpc) is 2.38. The zero-order valence-corrected chi connectivity index (χ0v) is 13.6. The van der Waals surface area contributed by atoms with Crippen molar-refractivity contribution in [3.8, 4) is 0 Å². The predicted molar refractivity (Wildman–Crippen MR) is 83.1 cm³/mol. The summed E-state index contributed by atoms with van der Waals surface area (Å²) in [5.74, 6) is 0.517. The van der Waals surface area contributed by atoms with Gasteiger partial charge >= 0.3 is 0 Å². The Balaban J connectivity index is 2.80. The summed E-state index contributed by atoms with van der Waals surface area (Å²) in [5.41, 5.74) is 0.963. The molecule has 2 atom stereocenters. The standard InChI is InChI=1S/C15H26N2O2S/c1-5-12(2)9-13(3)17-20(18,19)15-8-6-7-14(10-15)11-16-4/h6-8,10,12-13,16-17H,5,9,11H2,1-4H3. The molecule has 0 aliphatic carbocycles. The van der Waals surface area contributed by atoms with Crippen LogP contribution in [-0.4, -0.2) is 21.5 Å². The summed E-state index contributed by atoms with van der Waals surface area (Å²) in [5, 5.41) is 3.02. The van der Waals surface area contributed by atoms with Crippen molar-refractivity contribution in [1.29, 1.82) is 0 Å². The van der Waals surface area contributed by atoms with E-state index in [0.717, 1.165) is 18.4 Å². The predicted octanol–water partition coefficient (Wildman–Crippen LogP) is 2.51. The van der Waals surface area contributed by atoms with Crippen molar-refractivity contribution in [1.82, 2.24) is 10.0 Å². The van der Waals surface area contributed by atoms with E-state index in [1.165, 1.54) is 0 Å². The van der Waals surface area contributed by atoms with Crippen LogP contribution >= 0.6 is 0 Å². The highest BCUT2D eigenvalue weighted by molar-refractivity contribution is 7.89. The Hall–Kier alpha value is -0.910. The molecular formula is C15H26N2O2S. The lowest BCUT2D eigenvalue weighted by Gasteiger charge is -2.18. The van der Waals surface area contributed by atoms with Crippen LogP contribution in [0.15, 0.2) is 29.2 Å². The van der Waals surface area contributed by atoms with Gasteiger partial charge < -0.3 is 5.32 Å². The smallest absolute Gasteiger partial charge is 0.240 e. The van der Waals surface area contributed by atoms with Gasteiger partial charge in [0.25, 0.3) is 0 Å². The first-order valence-electron chi connectivity index (χ1n) is 7.15. The molecule has 20 heavy (non-hydrogen) atoms. The van der Waals surface area contributed by atoms with E-state index in [2.05, 4.69) is 23.9 Å². The summed E-state index contributed by atoms with van der Waals surface area (Å²) in [6.45, 7) is 6.83. The van der Waals surface area contributed by atoms with Crippen LogP contribution in [0.25, 0.3) is 0 Å². The molecule has 0 saturated carbocycles. The van der Waals surface area contributed by atoms with Gasteiger partial charge in [0.05, 0.1) is 4.90 Å². The maximum atomic E-state index is 12.3. The summed E-state index contributed by atoms with van der Waals surface area (Å²) >= 11 is 0. The highest BCUT2D eigenvalue weighted by atomic mass is 32.2. The molecule has 114 valence electrons. The van der Waals surface area contributed by atoms with Gasteiger partial charge in [0.2, 0.25) is 10.0 Å². The first-order chi connectivity index (χ1) is 9.39. The molecule has 2 unspecified atom stereocenters. The van der Waals surface area contributed by atoms with Crippen LogP contribution in [0.3, 0.4) is 0 Å². The molecule has 0 aromatic heterocycles. The molecule has 0 heterocycles. The first-order valence-corrected chi connectivity index (χ1v) is 8.63. The van der Waals surface area contributed by atoms with Gasteiger partial charge in [0.15, 0.2) is 0 Å². The summed E-state index contributed by atoms with van der Waals surface area (Å²) in [4.78, 5) is 0.334. The van der Waals surface area contributed by atoms with Crippen LogP contribution in [0.4, 0.5) is 0 Å². The van der Waals surface area contributed by atoms with E-state index in [4.69, 9.17) is 0 Å². The van der Waals surface area contributed by atoms with Gasteiger partial charge in [-0.05, 0) is 44.0 Å². The molecule has 0 saturated heterocycles. The fourth-order valence-corrected chi connectivity index (χ4v) is 3.50. The molecule has 0 fully saturated rings. The maximum Gasteiger partial charge on any atom is 0.240 e. The van der Waals surface area contributed by atoms with E-state index in [0.29, 0.717) is 17.4 Å². The first kappa shape index (κ1) is 17.1. The van der Waals surface area contributed by atoms with Crippen LogP contribution in [0.2, 0.25) is 0 Å². The summed E-state index contributed by atoms with van der Waals surface area (Å²) < 4.78 is 27.4. The van der Waals surface area contributed by atoms with Gasteiger partial charge in [-0.1, -0.05) is 32.4 Å². The Labute approximate surface area is 123 Å². The third-order valence-electron chi connectivity index (χ3n) is 3.40. The van der Waals surface area contributed by atoms with Crippen LogP contribution in [-0.2, 0) is 16.6 Å². The fraction of sp³-hybridized carbons (Fsp3) is 0.600. The van der Waals surface area contributed by atoms with E-state index in [9.17, 15) is 8.42 Å². The molecule has 2 N–H and O–H groups in total. The van der Waals surface area contributed by atoms with Crippen LogP contribution < -0.4 is 10.0 Å². The van der Waals surface area contributed by atoms with E-state index in [1.54, 1.807) is 18.2 Å². The average molecular weight is 298 g/mol. The molecule has 1 rings (SSSR count). The highest BCUT2D eigenvalue weighted by Crippen LogP contribution is 2.15. The lowest BCUT2D eigenvalue weighted by molar-refractivity contribution is 0.445. The Morgan fingerprint density at radius 1 is 1.25 bits per heavy atom. The molecule has 0 aliphatic heterocycles. The van der Waals surface area contributed by atoms with Crippen molar-refractivity contribution in [3.05, 3.63) is 29.8 Å². The summed E-state index contributed by atoms with van der Waals surface area (Å²) in [7, 11) is -1.59. The molecule has 0 bridgehead atoms. The monoisotopic (exact) mass is 298 g/mol. The minimum absolute atomic E-state index is 0.0529. The van der Waals surface area contributed by atoms with Gasteiger partial charge in [-0.25, -0.2) is 13.1 Å². The maximum absolute atomic E-state index is 12.3. The van der Waals surface area contributed by atoms with E-state index >= 15 is 0 Å². The minimum Gasteiger partial charge on any atom is -0.316 e. The Morgan fingerprint density at radius 3 is 2.55 bits per heavy atom. The van der Waals surface area contributed by atoms with Gasteiger partial charge in [-0.15, -0.1) is 0 Å². The third-order valence-corrected chi connectivity index (χ3v) is 4.99. The van der Waals surface area contributed by atoms with Crippen molar-refractivity contribution in [2.24, 2.45) is 5.92 Å². The van der Waals surface area contributed by atoms with E-state index < -0.39 is 10.0 Å². The van der Waals surface area contributed by atoms with Gasteiger partial charge in [0.1, 0.15) is 0 Å². The van der Waals surface area contributed by atoms with Crippen molar-refractivity contribution in [3.63, 3.8) is 0 Å². The topological polar surface area (TPSA) is 58.2 Å². The van der Waals surface area contributed by atoms with Crippen molar-refractivity contribution >= 4 is 10.0 Å². The Kier molecular flexibility index (Phi) is 6.65. The van der Waals surface area contributed by atoms with Crippen LogP contribution in [0.5, 0.6) is 0 Å². The largest absolute Gasteiger partial charge is 0.316 e. The molecule has 0 spiro atoms. The Morgan fingerprint density at radius 2 is 1.95 bits per heavy atom. The lowest BCUT2D eigenvalue weighted by atomic mass is 10.0. The molecule has 0 radical (unpaired) electrons. The molecule has 4 nitrogen and oxygen atoms in total. The zero-order valence-electron chi connectivity index (χ0n) is 12.8. The molecule has 0 amide bonds. The van der Waals surface area contributed by atoms with E-state index in [1.807, 2.05) is 20.0 Å². The second-order valence-corrected chi connectivity index (χ2v) is 7.16. The van der Waals surface area contributed by atoms with E-state index in [-0.39, 0.29) is 6.04 Å². The quantitative estimate of drug-likeness (QED) is 0.775. The Bertz CT molecular complexity index is 514. The fourth-order valence-electron chi connectivity index (χ4n) is 2.18.